The molecule has 0 amide bonds. The summed E-state index contributed by atoms with van der Waals surface area (Å²) in [5, 5.41) is 8.75. The van der Waals surface area contributed by atoms with E-state index in [2.05, 4.69) is 67.8 Å². The van der Waals surface area contributed by atoms with Crippen molar-refractivity contribution in [3.05, 3.63) is 28.4 Å². The van der Waals surface area contributed by atoms with Crippen molar-refractivity contribution in [2.45, 2.75) is 25.9 Å². The largest absolute Gasteiger partial charge is 0.481 e. The molecule has 0 heterocycles. The van der Waals surface area contributed by atoms with Crippen molar-refractivity contribution in [2.24, 2.45) is 0 Å². The average Bonchev–Trinajstić information content (AvgIpc) is 2.32. The summed E-state index contributed by atoms with van der Waals surface area (Å²) >= 11 is 6.38. The van der Waals surface area contributed by atoms with Crippen molar-refractivity contribution in [3.8, 4) is 0 Å². The van der Waals surface area contributed by atoms with E-state index in [1.54, 1.807) is 13.0 Å². The molecule has 1 aromatic carbocycles. The minimum atomic E-state index is -0.966. The fraction of sp³-hybridized carbons (Fsp3) is 0.333. The fourth-order valence-corrected chi connectivity index (χ4v) is 3.76. The van der Waals surface area contributed by atoms with Crippen molar-refractivity contribution in [3.63, 3.8) is 0 Å². The Hall–Kier alpha value is 0.350. The Balaban J connectivity index is 2.91. The molecule has 104 valence electrons. The number of hydrogen-bond acceptors (Lipinski definition) is 3. The van der Waals surface area contributed by atoms with Crippen LogP contribution in [0, 0.1) is 10.7 Å². The van der Waals surface area contributed by atoms with Gasteiger partial charge in [-0.2, -0.15) is 0 Å². The van der Waals surface area contributed by atoms with E-state index < -0.39 is 18.0 Å². The van der Waals surface area contributed by atoms with Crippen LogP contribution in [0.3, 0.4) is 0 Å². The van der Waals surface area contributed by atoms with Gasteiger partial charge in [0.25, 0.3) is 0 Å². The molecule has 1 N–H and O–H groups in total. The minimum Gasteiger partial charge on any atom is -0.481 e. The second-order valence-corrected chi connectivity index (χ2v) is 7.27. The van der Waals surface area contributed by atoms with E-state index in [9.17, 15) is 9.59 Å². The van der Waals surface area contributed by atoms with Crippen molar-refractivity contribution < 1.29 is 19.4 Å². The molecule has 1 atom stereocenters. The Morgan fingerprint density at radius 1 is 1.32 bits per heavy atom. The summed E-state index contributed by atoms with van der Waals surface area (Å²) in [5.74, 6) is -1.43. The minimum absolute atomic E-state index is 0.167. The summed E-state index contributed by atoms with van der Waals surface area (Å²) < 4.78 is 8.00. The van der Waals surface area contributed by atoms with E-state index >= 15 is 0 Å². The zero-order chi connectivity index (χ0) is 14.6. The van der Waals surface area contributed by atoms with Gasteiger partial charge in [-0.15, -0.1) is 0 Å². The van der Waals surface area contributed by atoms with Crippen LogP contribution < -0.4 is 0 Å². The van der Waals surface area contributed by atoms with E-state index in [4.69, 9.17) is 9.84 Å². The number of hydrogen-bond donors (Lipinski definition) is 1. The number of carboxylic acids is 1. The Bertz CT molecular complexity index is 502. The molecule has 0 aromatic heterocycles. The third-order valence-corrected chi connectivity index (χ3v) is 6.01. The smallest absolute Gasteiger partial charge is 0.339 e. The first kappa shape index (κ1) is 17.4. The molecule has 0 radical (unpaired) electrons. The third-order valence-electron chi connectivity index (χ3n) is 2.34. The van der Waals surface area contributed by atoms with Crippen LogP contribution in [0.15, 0.2) is 12.1 Å². The molecule has 0 spiro atoms. The lowest BCUT2D eigenvalue weighted by Gasteiger charge is -2.15. The number of rotatable bonds is 5. The van der Waals surface area contributed by atoms with Gasteiger partial charge in [-0.1, -0.05) is 6.92 Å². The average molecular weight is 600 g/mol. The zero-order valence-corrected chi connectivity index (χ0v) is 16.4. The van der Waals surface area contributed by atoms with Crippen LogP contribution in [-0.2, 0) is 9.53 Å². The van der Waals surface area contributed by atoms with Gasteiger partial charge in [0.15, 0.2) is 0 Å². The number of esters is 1. The first-order chi connectivity index (χ1) is 8.85. The molecule has 0 aliphatic heterocycles. The van der Waals surface area contributed by atoms with Gasteiger partial charge >= 0.3 is 11.9 Å². The summed E-state index contributed by atoms with van der Waals surface area (Å²) in [6, 6.07) is 3.72. The molecule has 0 aliphatic rings. The number of ether oxygens (including phenoxy) is 1. The van der Waals surface area contributed by atoms with Crippen molar-refractivity contribution in [1.82, 2.24) is 0 Å². The lowest BCUT2D eigenvalue weighted by molar-refractivity contribution is -0.139. The molecular formula is C12H11I3O4. The van der Waals surface area contributed by atoms with Gasteiger partial charge in [-0.05, 0) is 86.3 Å². The molecule has 1 rings (SSSR count). The summed E-state index contributed by atoms with van der Waals surface area (Å²) in [4.78, 5) is 22.8. The van der Waals surface area contributed by atoms with Crippen LogP contribution >= 0.6 is 67.8 Å². The maximum atomic E-state index is 12.1. The number of carboxylic acid groups (broad SMARTS) is 1. The maximum absolute atomic E-state index is 12.1. The Labute approximate surface area is 152 Å². The highest BCUT2D eigenvalue weighted by Gasteiger charge is 2.20. The van der Waals surface area contributed by atoms with Gasteiger partial charge < -0.3 is 9.84 Å². The van der Waals surface area contributed by atoms with E-state index in [-0.39, 0.29) is 6.42 Å². The van der Waals surface area contributed by atoms with Gasteiger partial charge in [0.05, 0.1) is 12.0 Å². The van der Waals surface area contributed by atoms with E-state index in [1.165, 1.54) is 0 Å². The standard InChI is InChI=1S/C12H11I3O4/c1-2-7(5-10(16)17)19-12(18)8-3-6(13)4-9(14)11(8)15/h3-4,7H,2,5H2,1H3,(H,16,17). The Kier molecular flexibility index (Phi) is 7.29. The molecule has 1 aromatic rings. The second-order valence-electron chi connectivity index (χ2n) is 3.78. The molecule has 19 heavy (non-hydrogen) atoms. The summed E-state index contributed by atoms with van der Waals surface area (Å²) in [7, 11) is 0. The maximum Gasteiger partial charge on any atom is 0.339 e. The zero-order valence-electron chi connectivity index (χ0n) is 9.95. The monoisotopic (exact) mass is 600 g/mol. The van der Waals surface area contributed by atoms with Crippen LogP contribution in [-0.4, -0.2) is 23.1 Å². The van der Waals surface area contributed by atoms with Gasteiger partial charge in [-0.25, -0.2) is 4.79 Å². The number of benzene rings is 1. The fourth-order valence-electron chi connectivity index (χ4n) is 1.38. The predicted octanol–water partition coefficient (Wildman–Crippen LogP) is 3.91. The number of aliphatic carboxylic acids is 1. The first-order valence-corrected chi connectivity index (χ1v) is 8.66. The number of halogens is 3. The van der Waals surface area contributed by atoms with Crippen molar-refractivity contribution >= 4 is 79.7 Å². The molecule has 0 aliphatic carbocycles. The van der Waals surface area contributed by atoms with Gasteiger partial charge in [0, 0.05) is 10.7 Å². The SMILES string of the molecule is CCC(CC(=O)O)OC(=O)c1cc(I)cc(I)c1I. The van der Waals surface area contributed by atoms with Crippen LogP contribution in [0.1, 0.15) is 30.1 Å². The molecule has 7 heteroatoms. The molecule has 1 unspecified atom stereocenters. The molecule has 4 nitrogen and oxygen atoms in total. The van der Waals surface area contributed by atoms with E-state index in [0.29, 0.717) is 12.0 Å². The molecule has 0 saturated heterocycles. The van der Waals surface area contributed by atoms with Crippen molar-refractivity contribution in [2.75, 3.05) is 0 Å². The first-order valence-electron chi connectivity index (χ1n) is 5.42. The van der Waals surface area contributed by atoms with Crippen molar-refractivity contribution in [1.29, 1.82) is 0 Å². The topological polar surface area (TPSA) is 63.6 Å². The molecular weight excluding hydrogens is 589 g/mol. The predicted molar refractivity (Wildman–Crippen MR) is 96.3 cm³/mol. The normalized spacial score (nSPS) is 12.0. The molecule has 0 bridgehead atoms. The molecule has 0 saturated carbocycles. The van der Waals surface area contributed by atoms with Crippen LogP contribution in [0.5, 0.6) is 0 Å². The highest BCUT2D eigenvalue weighted by Crippen LogP contribution is 2.24. The lowest BCUT2D eigenvalue weighted by atomic mass is 10.2. The Morgan fingerprint density at radius 2 is 1.95 bits per heavy atom. The lowest BCUT2D eigenvalue weighted by Crippen LogP contribution is -2.21. The third kappa shape index (κ3) is 5.33. The van der Waals surface area contributed by atoms with E-state index in [1.807, 2.05) is 6.07 Å². The summed E-state index contributed by atoms with van der Waals surface area (Å²) in [5.41, 5.74) is 0.487. The second kappa shape index (κ2) is 7.96. The van der Waals surface area contributed by atoms with Gasteiger partial charge in [0.2, 0.25) is 0 Å². The van der Waals surface area contributed by atoms with Gasteiger partial charge in [0.1, 0.15) is 6.10 Å². The molecule has 0 fully saturated rings. The highest BCUT2D eigenvalue weighted by atomic mass is 127. The Morgan fingerprint density at radius 3 is 2.47 bits per heavy atom. The number of carbonyl (C=O) groups is 2. The summed E-state index contributed by atoms with van der Waals surface area (Å²) in [6.45, 7) is 1.80. The van der Waals surface area contributed by atoms with Crippen LogP contribution in [0.2, 0.25) is 0 Å². The summed E-state index contributed by atoms with van der Waals surface area (Å²) in [6.07, 6.45) is -0.272. The van der Waals surface area contributed by atoms with Gasteiger partial charge in [-0.3, -0.25) is 4.79 Å². The quantitative estimate of drug-likeness (QED) is 0.317. The number of carbonyl (C=O) groups excluding carboxylic acids is 1. The van der Waals surface area contributed by atoms with E-state index in [0.717, 1.165) is 10.7 Å². The van der Waals surface area contributed by atoms with Crippen LogP contribution in [0.4, 0.5) is 0 Å². The highest BCUT2D eigenvalue weighted by molar-refractivity contribution is 14.1. The van der Waals surface area contributed by atoms with Crippen LogP contribution in [0.25, 0.3) is 0 Å².